The number of amides is 1. The molecule has 5 heteroatoms. The molecule has 23 heavy (non-hydrogen) atoms. The summed E-state index contributed by atoms with van der Waals surface area (Å²) in [4.78, 5) is 23.8. The molecule has 1 aromatic carbocycles. The van der Waals surface area contributed by atoms with Crippen molar-refractivity contribution in [2.75, 3.05) is 0 Å². The molecule has 1 aromatic rings. The van der Waals surface area contributed by atoms with Crippen molar-refractivity contribution in [2.24, 2.45) is 11.3 Å². The zero-order valence-electron chi connectivity index (χ0n) is 13.2. The van der Waals surface area contributed by atoms with Crippen molar-refractivity contribution < 1.29 is 19.4 Å². The van der Waals surface area contributed by atoms with E-state index in [0.717, 1.165) is 50.0 Å². The molecule has 5 nitrogen and oxygen atoms in total. The number of benzene rings is 1. The summed E-state index contributed by atoms with van der Waals surface area (Å²) in [5, 5.41) is 12.2. The highest BCUT2D eigenvalue weighted by Gasteiger charge is 2.49. The summed E-state index contributed by atoms with van der Waals surface area (Å²) >= 11 is 0. The predicted octanol–water partition coefficient (Wildman–Crippen LogP) is 3.34. The number of aliphatic carboxylic acids is 1. The number of hydrogen-bond donors (Lipinski definition) is 2. The molecule has 1 unspecified atom stereocenters. The molecule has 3 saturated carbocycles. The van der Waals surface area contributed by atoms with Gasteiger partial charge in [-0.2, -0.15) is 0 Å². The van der Waals surface area contributed by atoms with Crippen molar-refractivity contribution in [2.45, 2.75) is 51.2 Å². The Morgan fingerprint density at radius 1 is 1.17 bits per heavy atom. The van der Waals surface area contributed by atoms with E-state index in [1.807, 2.05) is 30.3 Å². The average molecular weight is 317 g/mol. The topological polar surface area (TPSA) is 75.6 Å². The van der Waals surface area contributed by atoms with E-state index in [1.54, 1.807) is 0 Å². The number of carboxylic acids is 1. The SMILES string of the molecule is O=C(NC(C(=O)O)C12CCC(CC1)CC2)OCc1ccccc1. The van der Waals surface area contributed by atoms with E-state index in [4.69, 9.17) is 4.74 Å². The van der Waals surface area contributed by atoms with Crippen LogP contribution in [0.2, 0.25) is 0 Å². The van der Waals surface area contributed by atoms with Gasteiger partial charge in [0.25, 0.3) is 0 Å². The number of rotatable bonds is 5. The number of nitrogens with one attached hydrogen (secondary N) is 1. The van der Waals surface area contributed by atoms with Gasteiger partial charge in [0.05, 0.1) is 0 Å². The monoisotopic (exact) mass is 317 g/mol. The first kappa shape index (κ1) is 15.8. The fraction of sp³-hybridized carbons (Fsp3) is 0.556. The summed E-state index contributed by atoms with van der Waals surface area (Å²) in [5.41, 5.74) is 0.581. The molecule has 1 amide bonds. The maximum absolute atomic E-state index is 12.0. The average Bonchev–Trinajstić information content (AvgIpc) is 2.60. The van der Waals surface area contributed by atoms with Crippen LogP contribution in [0.25, 0.3) is 0 Å². The first-order valence-electron chi connectivity index (χ1n) is 8.29. The maximum atomic E-state index is 12.0. The third-order valence-electron chi connectivity index (χ3n) is 5.49. The molecule has 1 atom stereocenters. The summed E-state index contributed by atoms with van der Waals surface area (Å²) < 4.78 is 5.19. The third-order valence-corrected chi connectivity index (χ3v) is 5.49. The van der Waals surface area contributed by atoms with Gasteiger partial charge < -0.3 is 15.2 Å². The lowest BCUT2D eigenvalue weighted by Gasteiger charge is -2.49. The predicted molar refractivity (Wildman–Crippen MR) is 84.8 cm³/mol. The number of alkyl carbamates (subject to hydrolysis) is 1. The highest BCUT2D eigenvalue weighted by atomic mass is 16.5. The first-order chi connectivity index (χ1) is 11.1. The second-order valence-electron chi connectivity index (χ2n) is 6.82. The fourth-order valence-electron chi connectivity index (χ4n) is 4.08. The minimum Gasteiger partial charge on any atom is -0.480 e. The van der Waals surface area contributed by atoms with E-state index in [9.17, 15) is 14.7 Å². The Bertz CT molecular complexity index is 550. The second kappa shape index (κ2) is 6.60. The molecule has 0 aliphatic heterocycles. The fourth-order valence-corrected chi connectivity index (χ4v) is 4.08. The molecule has 0 aromatic heterocycles. The minimum atomic E-state index is -0.956. The standard InChI is InChI=1S/C18H23NO4/c20-16(21)15(18-9-6-13(7-10-18)8-11-18)19-17(22)23-12-14-4-2-1-3-5-14/h1-5,13,15H,6-12H2,(H,19,22)(H,20,21). The van der Waals surface area contributed by atoms with Gasteiger partial charge in [0.1, 0.15) is 12.6 Å². The van der Waals surface area contributed by atoms with E-state index < -0.39 is 18.1 Å². The molecular weight excluding hydrogens is 294 g/mol. The van der Waals surface area contributed by atoms with E-state index in [1.165, 1.54) is 0 Å². The maximum Gasteiger partial charge on any atom is 0.408 e. The van der Waals surface area contributed by atoms with Crippen LogP contribution in [-0.4, -0.2) is 23.2 Å². The number of carbonyl (C=O) groups excluding carboxylic acids is 1. The summed E-state index contributed by atoms with van der Waals surface area (Å²) in [5.74, 6) is -0.210. The Kier molecular flexibility index (Phi) is 4.55. The van der Waals surface area contributed by atoms with Gasteiger partial charge >= 0.3 is 12.1 Å². The number of hydrogen-bond acceptors (Lipinski definition) is 3. The summed E-state index contributed by atoms with van der Waals surface area (Å²) in [7, 11) is 0. The van der Waals surface area contributed by atoms with Crippen molar-refractivity contribution in [3.8, 4) is 0 Å². The minimum absolute atomic E-state index is 0.147. The van der Waals surface area contributed by atoms with Crippen LogP contribution in [0.15, 0.2) is 30.3 Å². The van der Waals surface area contributed by atoms with Crippen molar-refractivity contribution in [3.63, 3.8) is 0 Å². The van der Waals surface area contributed by atoms with E-state index >= 15 is 0 Å². The Morgan fingerprint density at radius 3 is 2.35 bits per heavy atom. The van der Waals surface area contributed by atoms with Gasteiger partial charge in [-0.15, -0.1) is 0 Å². The van der Waals surface area contributed by atoms with Crippen molar-refractivity contribution in [1.82, 2.24) is 5.32 Å². The van der Waals surface area contributed by atoms with Gasteiger partial charge in [-0.25, -0.2) is 9.59 Å². The van der Waals surface area contributed by atoms with Crippen LogP contribution in [0.5, 0.6) is 0 Å². The van der Waals surface area contributed by atoms with Gasteiger partial charge in [0.15, 0.2) is 0 Å². The van der Waals surface area contributed by atoms with E-state index in [-0.39, 0.29) is 12.0 Å². The van der Waals surface area contributed by atoms with Gasteiger partial charge in [-0.3, -0.25) is 0 Å². The quantitative estimate of drug-likeness (QED) is 0.873. The summed E-state index contributed by atoms with van der Waals surface area (Å²) in [6, 6.07) is 8.51. The van der Waals surface area contributed by atoms with Gasteiger partial charge in [0.2, 0.25) is 0 Å². The molecule has 0 spiro atoms. The molecule has 2 bridgehead atoms. The first-order valence-corrected chi connectivity index (χ1v) is 8.29. The van der Waals surface area contributed by atoms with E-state index in [0.29, 0.717) is 0 Å². The Hall–Kier alpha value is -2.04. The molecule has 3 aliphatic carbocycles. The summed E-state index contributed by atoms with van der Waals surface area (Å²) in [6.07, 6.45) is 5.22. The third kappa shape index (κ3) is 3.49. The summed E-state index contributed by atoms with van der Waals surface area (Å²) in [6.45, 7) is 0.147. The molecule has 3 fully saturated rings. The Balaban J connectivity index is 1.61. The van der Waals surface area contributed by atoms with Crippen molar-refractivity contribution in [1.29, 1.82) is 0 Å². The lowest BCUT2D eigenvalue weighted by molar-refractivity contribution is -0.146. The second-order valence-corrected chi connectivity index (χ2v) is 6.82. The molecular formula is C18H23NO4. The highest BCUT2D eigenvalue weighted by molar-refractivity contribution is 5.81. The molecule has 0 saturated heterocycles. The lowest BCUT2D eigenvalue weighted by atomic mass is 9.57. The largest absolute Gasteiger partial charge is 0.480 e. The van der Waals surface area contributed by atoms with E-state index in [2.05, 4.69) is 5.32 Å². The van der Waals surface area contributed by atoms with Crippen LogP contribution in [0, 0.1) is 11.3 Å². The Morgan fingerprint density at radius 2 is 1.78 bits per heavy atom. The number of carboxylic acid groups (broad SMARTS) is 1. The Labute approximate surface area is 136 Å². The molecule has 0 radical (unpaired) electrons. The van der Waals surface area contributed by atoms with Gasteiger partial charge in [-0.05, 0) is 50.0 Å². The van der Waals surface area contributed by atoms with Crippen molar-refractivity contribution in [3.05, 3.63) is 35.9 Å². The molecule has 124 valence electrons. The van der Waals surface area contributed by atoms with Gasteiger partial charge in [-0.1, -0.05) is 30.3 Å². The number of fused-ring (bicyclic) bond motifs is 3. The van der Waals surface area contributed by atoms with Crippen LogP contribution in [0.4, 0.5) is 4.79 Å². The van der Waals surface area contributed by atoms with Crippen LogP contribution in [0.3, 0.4) is 0 Å². The molecule has 3 aliphatic rings. The number of ether oxygens (including phenoxy) is 1. The van der Waals surface area contributed by atoms with Crippen LogP contribution in [-0.2, 0) is 16.1 Å². The lowest BCUT2D eigenvalue weighted by Crippen LogP contribution is -2.55. The van der Waals surface area contributed by atoms with Crippen LogP contribution >= 0.6 is 0 Å². The molecule has 4 rings (SSSR count). The zero-order valence-corrected chi connectivity index (χ0v) is 13.2. The molecule has 2 N–H and O–H groups in total. The zero-order chi connectivity index (χ0) is 16.3. The van der Waals surface area contributed by atoms with Crippen LogP contribution in [0.1, 0.15) is 44.1 Å². The van der Waals surface area contributed by atoms with Crippen molar-refractivity contribution >= 4 is 12.1 Å². The highest BCUT2D eigenvalue weighted by Crippen LogP contribution is 2.52. The number of carbonyl (C=O) groups is 2. The van der Waals surface area contributed by atoms with Crippen LogP contribution < -0.4 is 5.32 Å². The smallest absolute Gasteiger partial charge is 0.408 e. The van der Waals surface area contributed by atoms with Gasteiger partial charge in [0, 0.05) is 5.41 Å². The normalized spacial score (nSPS) is 27.2. The molecule has 0 heterocycles.